The van der Waals surface area contributed by atoms with E-state index in [0.29, 0.717) is 0 Å². The van der Waals surface area contributed by atoms with Gasteiger partial charge in [-0.2, -0.15) is 0 Å². The number of aryl methyl sites for hydroxylation is 1. The normalized spacial score (nSPS) is 14.1. The Labute approximate surface area is 79.8 Å². The molecule has 0 N–H and O–H groups in total. The van der Waals surface area contributed by atoms with Crippen LogP contribution in [0.4, 0.5) is 4.39 Å². The molecule has 1 aromatic carbocycles. The van der Waals surface area contributed by atoms with Crippen LogP contribution < -0.4 is 0 Å². The average Bonchev–Trinajstić information content (AvgIpc) is 2.22. The summed E-state index contributed by atoms with van der Waals surface area (Å²) in [5.41, 5.74) is 2.18. The number of halogens is 1. The summed E-state index contributed by atoms with van der Waals surface area (Å²) in [6.07, 6.45) is 4.36. The topological polar surface area (TPSA) is 0 Å². The molecule has 0 saturated carbocycles. The minimum absolute atomic E-state index is 0.0119. The SMILES string of the molecule is CC.Fc1cccc2c1CCCC2. The summed E-state index contributed by atoms with van der Waals surface area (Å²) in [5, 5.41) is 0. The second kappa shape index (κ2) is 5.00. The summed E-state index contributed by atoms with van der Waals surface area (Å²) in [7, 11) is 0. The summed E-state index contributed by atoms with van der Waals surface area (Å²) in [6.45, 7) is 4.00. The Bertz CT molecular complexity index is 266. The van der Waals surface area contributed by atoms with Crippen molar-refractivity contribution in [3.05, 3.63) is 35.1 Å². The Morgan fingerprint density at radius 1 is 1.08 bits per heavy atom. The quantitative estimate of drug-likeness (QED) is 0.570. The summed E-state index contributed by atoms with van der Waals surface area (Å²) in [4.78, 5) is 0. The van der Waals surface area contributed by atoms with E-state index in [1.165, 1.54) is 12.0 Å². The zero-order valence-corrected chi connectivity index (χ0v) is 8.44. The maximum atomic E-state index is 13.1. The first kappa shape index (κ1) is 10.2. The molecule has 1 aliphatic carbocycles. The Morgan fingerprint density at radius 3 is 2.46 bits per heavy atom. The molecule has 0 spiro atoms. The smallest absolute Gasteiger partial charge is 0.126 e. The third kappa shape index (κ3) is 2.30. The van der Waals surface area contributed by atoms with E-state index < -0.39 is 0 Å². The van der Waals surface area contributed by atoms with Gasteiger partial charge in [0.15, 0.2) is 0 Å². The van der Waals surface area contributed by atoms with Crippen LogP contribution in [0.15, 0.2) is 18.2 Å². The van der Waals surface area contributed by atoms with Crippen molar-refractivity contribution in [3.8, 4) is 0 Å². The van der Waals surface area contributed by atoms with Crippen LogP contribution in [0.1, 0.15) is 37.8 Å². The Morgan fingerprint density at radius 2 is 1.77 bits per heavy atom. The Balaban J connectivity index is 0.000000396. The Hall–Kier alpha value is -0.850. The number of hydrogen-bond acceptors (Lipinski definition) is 0. The van der Waals surface area contributed by atoms with E-state index in [4.69, 9.17) is 0 Å². The zero-order chi connectivity index (χ0) is 9.68. The maximum absolute atomic E-state index is 13.1. The van der Waals surface area contributed by atoms with Gasteiger partial charge >= 0.3 is 0 Å². The second-order valence-electron chi connectivity index (χ2n) is 3.08. The van der Waals surface area contributed by atoms with Gasteiger partial charge in [0.05, 0.1) is 0 Å². The summed E-state index contributed by atoms with van der Waals surface area (Å²) in [5.74, 6) is -0.0119. The molecule has 1 heteroatoms. The van der Waals surface area contributed by atoms with Gasteiger partial charge in [0.1, 0.15) is 5.82 Å². The lowest BCUT2D eigenvalue weighted by atomic mass is 9.91. The number of benzene rings is 1. The lowest BCUT2D eigenvalue weighted by molar-refractivity contribution is 0.579. The van der Waals surface area contributed by atoms with Gasteiger partial charge in [0, 0.05) is 0 Å². The van der Waals surface area contributed by atoms with Gasteiger partial charge in [-0.3, -0.25) is 0 Å². The van der Waals surface area contributed by atoms with E-state index in [9.17, 15) is 4.39 Å². The largest absolute Gasteiger partial charge is 0.207 e. The van der Waals surface area contributed by atoms with Gasteiger partial charge in [0.2, 0.25) is 0 Å². The number of hydrogen-bond donors (Lipinski definition) is 0. The highest BCUT2D eigenvalue weighted by atomic mass is 19.1. The van der Waals surface area contributed by atoms with E-state index in [-0.39, 0.29) is 5.82 Å². The molecule has 13 heavy (non-hydrogen) atoms. The monoisotopic (exact) mass is 180 g/mol. The van der Waals surface area contributed by atoms with E-state index in [1.807, 2.05) is 19.9 Å². The van der Waals surface area contributed by atoms with E-state index >= 15 is 0 Å². The predicted molar refractivity (Wildman–Crippen MR) is 54.4 cm³/mol. The molecule has 1 aliphatic rings. The molecule has 0 bridgehead atoms. The molecular formula is C12H17F. The molecule has 0 atom stereocenters. The van der Waals surface area contributed by atoms with Crippen molar-refractivity contribution < 1.29 is 4.39 Å². The van der Waals surface area contributed by atoms with Gasteiger partial charge in [0.25, 0.3) is 0 Å². The fourth-order valence-electron chi connectivity index (χ4n) is 1.73. The molecule has 0 aromatic heterocycles. The summed E-state index contributed by atoms with van der Waals surface area (Å²) >= 11 is 0. The van der Waals surface area contributed by atoms with E-state index in [2.05, 4.69) is 0 Å². The average molecular weight is 180 g/mol. The molecule has 1 aromatic rings. The van der Waals surface area contributed by atoms with Crippen LogP contribution in [-0.4, -0.2) is 0 Å². The van der Waals surface area contributed by atoms with Crippen molar-refractivity contribution in [2.45, 2.75) is 39.5 Å². The first-order valence-electron chi connectivity index (χ1n) is 5.14. The minimum atomic E-state index is -0.0119. The number of fused-ring (bicyclic) bond motifs is 1. The van der Waals surface area contributed by atoms with Crippen molar-refractivity contribution in [1.29, 1.82) is 0 Å². The van der Waals surface area contributed by atoms with Gasteiger partial charge < -0.3 is 0 Å². The lowest BCUT2D eigenvalue weighted by Gasteiger charge is -2.15. The van der Waals surface area contributed by atoms with Gasteiger partial charge in [-0.15, -0.1) is 0 Å². The second-order valence-corrected chi connectivity index (χ2v) is 3.08. The van der Waals surface area contributed by atoms with Crippen LogP contribution in [0, 0.1) is 5.82 Å². The van der Waals surface area contributed by atoms with Crippen LogP contribution in [0.5, 0.6) is 0 Å². The third-order valence-electron chi connectivity index (χ3n) is 2.34. The highest BCUT2D eigenvalue weighted by Crippen LogP contribution is 2.22. The van der Waals surface area contributed by atoms with E-state index in [0.717, 1.165) is 24.8 Å². The molecule has 0 amide bonds. The standard InChI is InChI=1S/C10H11F.C2H6/c11-10-7-3-5-8-4-1-2-6-9(8)10;1-2/h3,5,7H,1-2,4,6H2;1-2H3. The minimum Gasteiger partial charge on any atom is -0.207 e. The van der Waals surface area contributed by atoms with Crippen molar-refractivity contribution in [3.63, 3.8) is 0 Å². The van der Waals surface area contributed by atoms with Crippen LogP contribution in [0.2, 0.25) is 0 Å². The van der Waals surface area contributed by atoms with Crippen LogP contribution >= 0.6 is 0 Å². The predicted octanol–water partition coefficient (Wildman–Crippen LogP) is 3.73. The fourth-order valence-corrected chi connectivity index (χ4v) is 1.73. The lowest BCUT2D eigenvalue weighted by Crippen LogP contribution is -2.04. The van der Waals surface area contributed by atoms with Crippen LogP contribution in [-0.2, 0) is 12.8 Å². The molecule has 0 radical (unpaired) electrons. The molecule has 0 fully saturated rings. The van der Waals surface area contributed by atoms with Crippen molar-refractivity contribution in [2.24, 2.45) is 0 Å². The summed E-state index contributed by atoms with van der Waals surface area (Å²) < 4.78 is 13.1. The van der Waals surface area contributed by atoms with Crippen LogP contribution in [0.3, 0.4) is 0 Å². The highest BCUT2D eigenvalue weighted by Gasteiger charge is 2.11. The van der Waals surface area contributed by atoms with Crippen molar-refractivity contribution in [1.82, 2.24) is 0 Å². The molecule has 72 valence electrons. The molecule has 2 rings (SSSR count). The third-order valence-corrected chi connectivity index (χ3v) is 2.34. The van der Waals surface area contributed by atoms with Gasteiger partial charge in [-0.25, -0.2) is 4.39 Å². The first-order valence-corrected chi connectivity index (χ1v) is 5.14. The Kier molecular flexibility index (Phi) is 3.94. The molecule has 0 heterocycles. The maximum Gasteiger partial charge on any atom is 0.126 e. The van der Waals surface area contributed by atoms with Gasteiger partial charge in [-0.1, -0.05) is 26.0 Å². The molecular weight excluding hydrogens is 163 g/mol. The fraction of sp³-hybridized carbons (Fsp3) is 0.500. The van der Waals surface area contributed by atoms with E-state index in [1.54, 1.807) is 12.1 Å². The first-order chi connectivity index (χ1) is 6.38. The van der Waals surface area contributed by atoms with Crippen molar-refractivity contribution in [2.75, 3.05) is 0 Å². The zero-order valence-electron chi connectivity index (χ0n) is 8.44. The summed E-state index contributed by atoms with van der Waals surface area (Å²) in [6, 6.07) is 5.40. The molecule has 0 saturated heterocycles. The molecule has 0 aliphatic heterocycles. The highest BCUT2D eigenvalue weighted by molar-refractivity contribution is 5.30. The molecule has 0 nitrogen and oxygen atoms in total. The molecule has 0 unspecified atom stereocenters. The number of rotatable bonds is 0. The van der Waals surface area contributed by atoms with Crippen LogP contribution in [0.25, 0.3) is 0 Å². The van der Waals surface area contributed by atoms with Gasteiger partial charge in [-0.05, 0) is 42.9 Å². The van der Waals surface area contributed by atoms with Crippen molar-refractivity contribution >= 4 is 0 Å².